The summed E-state index contributed by atoms with van der Waals surface area (Å²) in [5.74, 6) is -0.353. The molecular formula is C28H23FN4O2. The number of hydrogen-bond donors (Lipinski definition) is 1. The Kier molecular flexibility index (Phi) is 4.57. The van der Waals surface area contributed by atoms with Crippen molar-refractivity contribution in [3.05, 3.63) is 116 Å². The van der Waals surface area contributed by atoms with Gasteiger partial charge in [0.25, 0.3) is 5.56 Å². The Hall–Kier alpha value is -4.39. The van der Waals surface area contributed by atoms with E-state index < -0.39 is 11.7 Å². The lowest BCUT2D eigenvalue weighted by molar-refractivity contribution is 0.623. The maximum Gasteiger partial charge on any atom is 0.331 e. The monoisotopic (exact) mass is 466 g/mol. The van der Waals surface area contributed by atoms with Crippen LogP contribution in [0.2, 0.25) is 0 Å². The molecule has 5 aromatic rings. The summed E-state index contributed by atoms with van der Waals surface area (Å²) in [6, 6.07) is 21.7. The molecule has 0 fully saturated rings. The molecule has 1 N–H and O–H groups in total. The van der Waals surface area contributed by atoms with E-state index in [9.17, 15) is 14.0 Å². The standard InChI is InChI=1S/C28H23FN4O2/c1-16-11-13-17(14-12-16)24-22-25(31(2)28(35)32(3)27(22)34)26-23(18-7-6-8-19(29)15-18)30-20-9-4-5-10-21(20)33(24)26/h4-15,23,30H,1-3H3/t23-/m1/s1. The number of hydrogen-bond acceptors (Lipinski definition) is 3. The first kappa shape index (κ1) is 21.2. The van der Waals surface area contributed by atoms with Crippen LogP contribution in [0.5, 0.6) is 0 Å². The van der Waals surface area contributed by atoms with Crippen LogP contribution >= 0.6 is 0 Å². The van der Waals surface area contributed by atoms with Gasteiger partial charge >= 0.3 is 5.69 Å². The summed E-state index contributed by atoms with van der Waals surface area (Å²) in [7, 11) is 3.17. The smallest absolute Gasteiger partial charge is 0.331 e. The molecule has 1 aliphatic heterocycles. The molecule has 7 heteroatoms. The van der Waals surface area contributed by atoms with Gasteiger partial charge in [-0.05, 0) is 42.3 Å². The lowest BCUT2D eigenvalue weighted by Gasteiger charge is -2.31. The van der Waals surface area contributed by atoms with Crippen LogP contribution in [-0.4, -0.2) is 13.7 Å². The number of rotatable bonds is 2. The Balaban J connectivity index is 1.86. The van der Waals surface area contributed by atoms with Gasteiger partial charge in [0, 0.05) is 14.1 Å². The van der Waals surface area contributed by atoms with E-state index in [1.807, 2.05) is 61.5 Å². The van der Waals surface area contributed by atoms with E-state index in [4.69, 9.17) is 0 Å². The van der Waals surface area contributed by atoms with Crippen molar-refractivity contribution >= 4 is 16.6 Å². The summed E-state index contributed by atoms with van der Waals surface area (Å²) in [6.07, 6.45) is 0. The molecule has 0 radical (unpaired) electrons. The lowest BCUT2D eigenvalue weighted by atomic mass is 9.99. The van der Waals surface area contributed by atoms with Crippen molar-refractivity contribution in [2.24, 2.45) is 14.1 Å². The summed E-state index contributed by atoms with van der Waals surface area (Å²) < 4.78 is 19.0. The average Bonchev–Trinajstić information content (AvgIpc) is 3.23. The van der Waals surface area contributed by atoms with Gasteiger partial charge in [0.2, 0.25) is 0 Å². The van der Waals surface area contributed by atoms with E-state index in [1.165, 1.54) is 23.7 Å². The van der Waals surface area contributed by atoms with Crippen LogP contribution in [0.4, 0.5) is 10.1 Å². The van der Waals surface area contributed by atoms with E-state index in [0.29, 0.717) is 22.2 Å². The second-order valence-electron chi connectivity index (χ2n) is 9.01. The summed E-state index contributed by atoms with van der Waals surface area (Å²) in [4.78, 5) is 26.7. The molecule has 6 nitrogen and oxygen atoms in total. The van der Waals surface area contributed by atoms with Gasteiger partial charge in [-0.2, -0.15) is 0 Å². The van der Waals surface area contributed by atoms with Gasteiger partial charge in [0.05, 0.1) is 39.7 Å². The minimum absolute atomic E-state index is 0.353. The van der Waals surface area contributed by atoms with Crippen molar-refractivity contribution in [3.63, 3.8) is 0 Å². The van der Waals surface area contributed by atoms with E-state index in [1.54, 1.807) is 13.1 Å². The maximum atomic E-state index is 14.3. The molecule has 1 atom stereocenters. The van der Waals surface area contributed by atoms with Crippen LogP contribution < -0.4 is 16.6 Å². The molecule has 0 spiro atoms. The third-order valence-electron chi connectivity index (χ3n) is 6.83. The number of aryl methyl sites for hydroxylation is 2. The van der Waals surface area contributed by atoms with Gasteiger partial charge in [0.15, 0.2) is 0 Å². The predicted molar refractivity (Wildman–Crippen MR) is 136 cm³/mol. The van der Waals surface area contributed by atoms with Crippen molar-refractivity contribution in [3.8, 4) is 16.9 Å². The van der Waals surface area contributed by atoms with Crippen LogP contribution in [0, 0.1) is 12.7 Å². The molecule has 1 aliphatic rings. The molecule has 3 aromatic carbocycles. The van der Waals surface area contributed by atoms with Crippen LogP contribution in [0.25, 0.3) is 27.8 Å². The molecule has 0 amide bonds. The highest BCUT2D eigenvalue weighted by Gasteiger charge is 2.34. The van der Waals surface area contributed by atoms with Gasteiger partial charge in [0.1, 0.15) is 5.82 Å². The van der Waals surface area contributed by atoms with E-state index in [2.05, 4.69) is 9.88 Å². The fourth-order valence-corrected chi connectivity index (χ4v) is 5.14. The highest BCUT2D eigenvalue weighted by atomic mass is 19.1. The molecule has 0 bridgehead atoms. The van der Waals surface area contributed by atoms with Gasteiger partial charge < -0.3 is 9.88 Å². The number of para-hydroxylation sites is 2. The van der Waals surface area contributed by atoms with E-state index in [-0.39, 0.29) is 11.4 Å². The zero-order valence-electron chi connectivity index (χ0n) is 19.5. The Morgan fingerprint density at radius 1 is 0.886 bits per heavy atom. The molecule has 3 heterocycles. The largest absolute Gasteiger partial charge is 0.371 e. The Labute approximate surface area is 200 Å². The molecular weight excluding hydrogens is 443 g/mol. The normalized spacial score (nSPS) is 14.5. The first-order valence-electron chi connectivity index (χ1n) is 11.4. The fraction of sp³-hybridized carbons (Fsp3) is 0.143. The molecule has 6 rings (SSSR count). The topological polar surface area (TPSA) is 61.0 Å². The van der Waals surface area contributed by atoms with Gasteiger partial charge in [-0.3, -0.25) is 13.9 Å². The number of anilines is 1. The maximum absolute atomic E-state index is 14.3. The number of nitrogens with zero attached hydrogens (tertiary/aromatic N) is 3. The Bertz CT molecular complexity index is 1760. The summed E-state index contributed by atoms with van der Waals surface area (Å²) in [5.41, 5.74) is 5.55. The molecule has 0 unspecified atom stereocenters. The summed E-state index contributed by atoms with van der Waals surface area (Å²) >= 11 is 0. The number of halogens is 1. The predicted octanol–water partition coefficient (Wildman–Crippen LogP) is 4.66. The van der Waals surface area contributed by atoms with Crippen molar-refractivity contribution < 1.29 is 4.39 Å². The Morgan fingerprint density at radius 3 is 2.37 bits per heavy atom. The summed E-state index contributed by atoms with van der Waals surface area (Å²) in [5, 5.41) is 3.98. The van der Waals surface area contributed by atoms with E-state index in [0.717, 1.165) is 32.8 Å². The number of aromatic nitrogens is 3. The highest BCUT2D eigenvalue weighted by Crippen LogP contribution is 2.45. The van der Waals surface area contributed by atoms with Crippen molar-refractivity contribution in [2.45, 2.75) is 13.0 Å². The minimum Gasteiger partial charge on any atom is -0.371 e. The SMILES string of the molecule is Cc1ccc(-c2c3c(=O)n(C)c(=O)n(C)c3c3n2-c2ccccc2N[C@@H]3c2cccc(F)c2)cc1. The van der Waals surface area contributed by atoms with Crippen LogP contribution in [0.15, 0.2) is 82.4 Å². The first-order chi connectivity index (χ1) is 16.9. The highest BCUT2D eigenvalue weighted by molar-refractivity contribution is 5.99. The zero-order valence-corrected chi connectivity index (χ0v) is 19.5. The molecule has 174 valence electrons. The fourth-order valence-electron chi connectivity index (χ4n) is 5.14. The average molecular weight is 467 g/mol. The number of fused-ring (bicyclic) bond motifs is 5. The molecule has 35 heavy (non-hydrogen) atoms. The number of nitrogens with one attached hydrogen (secondary N) is 1. The second-order valence-corrected chi connectivity index (χ2v) is 9.01. The van der Waals surface area contributed by atoms with Gasteiger partial charge in [-0.25, -0.2) is 9.18 Å². The lowest BCUT2D eigenvalue weighted by Crippen LogP contribution is -2.37. The third kappa shape index (κ3) is 3.01. The van der Waals surface area contributed by atoms with Crippen LogP contribution in [-0.2, 0) is 14.1 Å². The molecule has 0 saturated heterocycles. The third-order valence-corrected chi connectivity index (χ3v) is 6.83. The first-order valence-corrected chi connectivity index (χ1v) is 11.4. The van der Waals surface area contributed by atoms with Crippen LogP contribution in [0.3, 0.4) is 0 Å². The minimum atomic E-state index is -0.486. The second kappa shape index (κ2) is 7.56. The van der Waals surface area contributed by atoms with Gasteiger partial charge in [-0.15, -0.1) is 0 Å². The van der Waals surface area contributed by atoms with Crippen molar-refractivity contribution in [2.75, 3.05) is 5.32 Å². The Morgan fingerprint density at radius 2 is 1.63 bits per heavy atom. The van der Waals surface area contributed by atoms with Crippen molar-refractivity contribution in [1.29, 1.82) is 0 Å². The zero-order chi connectivity index (χ0) is 24.4. The summed E-state index contributed by atoms with van der Waals surface area (Å²) in [6.45, 7) is 2.01. The van der Waals surface area contributed by atoms with Gasteiger partial charge in [-0.1, -0.05) is 54.1 Å². The molecule has 0 aliphatic carbocycles. The molecule has 0 saturated carbocycles. The van der Waals surface area contributed by atoms with Crippen molar-refractivity contribution in [1.82, 2.24) is 13.7 Å². The molecule has 2 aromatic heterocycles. The van der Waals surface area contributed by atoms with Crippen LogP contribution in [0.1, 0.15) is 22.9 Å². The quantitative estimate of drug-likeness (QED) is 0.412. The van der Waals surface area contributed by atoms with E-state index >= 15 is 0 Å². The number of benzene rings is 3.